The average Bonchev–Trinajstić information content (AvgIpc) is 3.02. The Hall–Kier alpha value is -1.60. The number of carbonyl (C=O) groups is 2. The van der Waals surface area contributed by atoms with E-state index in [4.69, 9.17) is 4.74 Å². The second kappa shape index (κ2) is 8.67. The van der Waals surface area contributed by atoms with E-state index in [0.717, 1.165) is 12.0 Å². The fraction of sp³-hybridized carbons (Fsp3) is 0.579. The van der Waals surface area contributed by atoms with Crippen molar-refractivity contribution in [1.82, 2.24) is 16.2 Å². The van der Waals surface area contributed by atoms with Crippen LogP contribution in [0.1, 0.15) is 25.3 Å². The standard InChI is InChI=1S/C19H27N3O3/c1-13(11-25-12-14-5-3-2-4-6-14)7-8-16(23)15-9-21-22-19-17(24)10-20-18(15)19/h2-6,13,15,18-22H,7-12H2,1H3. The van der Waals surface area contributed by atoms with Gasteiger partial charge in [0.05, 0.1) is 19.2 Å². The lowest BCUT2D eigenvalue weighted by atomic mass is 9.86. The van der Waals surface area contributed by atoms with E-state index in [2.05, 4.69) is 23.1 Å². The van der Waals surface area contributed by atoms with E-state index in [1.807, 2.05) is 30.3 Å². The zero-order chi connectivity index (χ0) is 17.6. The number of ether oxygens (including phenoxy) is 1. The minimum atomic E-state index is -0.283. The normalized spacial score (nSPS) is 27.1. The SMILES string of the molecule is CC(CCC(=O)C1CNNC2C(=O)CNC12)COCc1ccccc1. The lowest BCUT2D eigenvalue weighted by Crippen LogP contribution is -2.62. The molecule has 3 N–H and O–H groups in total. The topological polar surface area (TPSA) is 79.5 Å². The number of hydrogen-bond acceptors (Lipinski definition) is 6. The van der Waals surface area contributed by atoms with Gasteiger partial charge in [0.2, 0.25) is 0 Å². The third-order valence-corrected chi connectivity index (χ3v) is 5.04. The number of hydrogen-bond donors (Lipinski definition) is 3. The van der Waals surface area contributed by atoms with Gasteiger partial charge >= 0.3 is 0 Å². The Labute approximate surface area is 148 Å². The van der Waals surface area contributed by atoms with E-state index < -0.39 is 0 Å². The molecule has 1 aromatic rings. The highest BCUT2D eigenvalue weighted by atomic mass is 16.5. The number of hydrazine groups is 1. The predicted molar refractivity (Wildman–Crippen MR) is 94.7 cm³/mol. The Morgan fingerprint density at radius 3 is 2.92 bits per heavy atom. The van der Waals surface area contributed by atoms with Crippen LogP contribution in [0.2, 0.25) is 0 Å². The maximum atomic E-state index is 12.6. The molecule has 3 rings (SSSR count). The first-order valence-electron chi connectivity index (χ1n) is 9.04. The van der Waals surface area contributed by atoms with Crippen molar-refractivity contribution in [2.45, 2.75) is 38.5 Å². The van der Waals surface area contributed by atoms with Crippen molar-refractivity contribution in [3.63, 3.8) is 0 Å². The summed E-state index contributed by atoms with van der Waals surface area (Å²) in [6.45, 7) is 4.28. The quantitative estimate of drug-likeness (QED) is 0.647. The summed E-state index contributed by atoms with van der Waals surface area (Å²) in [5, 5.41) is 3.18. The van der Waals surface area contributed by atoms with Gasteiger partial charge in [-0.1, -0.05) is 37.3 Å². The molecule has 2 heterocycles. The molecule has 25 heavy (non-hydrogen) atoms. The average molecular weight is 345 g/mol. The molecule has 0 bridgehead atoms. The fourth-order valence-corrected chi connectivity index (χ4v) is 3.52. The Kier molecular flexibility index (Phi) is 6.31. The summed E-state index contributed by atoms with van der Waals surface area (Å²) in [7, 11) is 0. The van der Waals surface area contributed by atoms with Crippen LogP contribution in [0.3, 0.4) is 0 Å². The van der Waals surface area contributed by atoms with Crippen molar-refractivity contribution in [2.75, 3.05) is 19.7 Å². The molecule has 4 unspecified atom stereocenters. The second-order valence-electron chi connectivity index (χ2n) is 7.09. The molecule has 1 aromatic carbocycles. The monoisotopic (exact) mass is 345 g/mol. The van der Waals surface area contributed by atoms with Gasteiger partial charge in [0.25, 0.3) is 0 Å². The number of fused-ring (bicyclic) bond motifs is 1. The Morgan fingerprint density at radius 1 is 1.32 bits per heavy atom. The Balaban J connectivity index is 1.39. The molecule has 6 nitrogen and oxygen atoms in total. The van der Waals surface area contributed by atoms with Gasteiger partial charge in [0.1, 0.15) is 5.78 Å². The van der Waals surface area contributed by atoms with Gasteiger partial charge in [0.15, 0.2) is 5.78 Å². The number of carbonyl (C=O) groups excluding carboxylic acids is 2. The number of ketones is 2. The van der Waals surface area contributed by atoms with Gasteiger partial charge < -0.3 is 10.1 Å². The van der Waals surface area contributed by atoms with Crippen LogP contribution in [0.15, 0.2) is 30.3 Å². The zero-order valence-electron chi connectivity index (χ0n) is 14.7. The number of rotatable bonds is 8. The summed E-state index contributed by atoms with van der Waals surface area (Å²) in [4.78, 5) is 24.4. The lowest BCUT2D eigenvalue weighted by molar-refractivity contribution is -0.125. The van der Waals surface area contributed by atoms with Crippen LogP contribution in [0.4, 0.5) is 0 Å². The number of Topliss-reactive ketones (excluding diaryl/α,β-unsaturated/α-hetero) is 2. The molecular weight excluding hydrogens is 318 g/mol. The van der Waals surface area contributed by atoms with Gasteiger partial charge in [-0.05, 0) is 17.9 Å². The van der Waals surface area contributed by atoms with Gasteiger partial charge in [-0.3, -0.25) is 15.0 Å². The maximum absolute atomic E-state index is 12.6. The molecule has 6 heteroatoms. The van der Waals surface area contributed by atoms with Gasteiger partial charge in [0, 0.05) is 31.5 Å². The van der Waals surface area contributed by atoms with Crippen LogP contribution in [-0.2, 0) is 20.9 Å². The van der Waals surface area contributed by atoms with Gasteiger partial charge in [-0.2, -0.15) is 0 Å². The molecule has 2 aliphatic rings. The number of nitrogens with one attached hydrogen (secondary N) is 3. The zero-order valence-corrected chi connectivity index (χ0v) is 14.7. The van der Waals surface area contributed by atoms with E-state index in [9.17, 15) is 9.59 Å². The van der Waals surface area contributed by atoms with Crippen molar-refractivity contribution in [3.8, 4) is 0 Å². The van der Waals surface area contributed by atoms with E-state index in [-0.39, 0.29) is 29.6 Å². The highest BCUT2D eigenvalue weighted by molar-refractivity contribution is 5.91. The van der Waals surface area contributed by atoms with Crippen LogP contribution in [0, 0.1) is 11.8 Å². The first-order chi connectivity index (χ1) is 12.1. The molecule has 2 saturated heterocycles. The van der Waals surface area contributed by atoms with E-state index in [1.54, 1.807) is 0 Å². The van der Waals surface area contributed by atoms with Crippen molar-refractivity contribution < 1.29 is 14.3 Å². The summed E-state index contributed by atoms with van der Waals surface area (Å²) in [6, 6.07) is 9.73. The molecule has 2 aliphatic heterocycles. The maximum Gasteiger partial charge on any atom is 0.166 e. The van der Waals surface area contributed by atoms with Crippen LogP contribution in [-0.4, -0.2) is 43.3 Å². The van der Waals surface area contributed by atoms with Crippen molar-refractivity contribution in [2.24, 2.45) is 11.8 Å². The summed E-state index contributed by atoms with van der Waals surface area (Å²) in [5.41, 5.74) is 7.15. The third kappa shape index (κ3) is 4.73. The van der Waals surface area contributed by atoms with E-state index >= 15 is 0 Å². The first-order valence-corrected chi connectivity index (χ1v) is 9.04. The van der Waals surface area contributed by atoms with E-state index in [0.29, 0.717) is 38.6 Å². The molecule has 4 atom stereocenters. The molecule has 136 valence electrons. The van der Waals surface area contributed by atoms with Crippen molar-refractivity contribution in [3.05, 3.63) is 35.9 Å². The molecule has 0 saturated carbocycles. The summed E-state index contributed by atoms with van der Waals surface area (Å²) in [5.74, 6) is 0.533. The smallest absolute Gasteiger partial charge is 0.166 e. The Morgan fingerprint density at radius 2 is 2.12 bits per heavy atom. The molecule has 0 radical (unpaired) electrons. The molecule has 0 aliphatic carbocycles. The van der Waals surface area contributed by atoms with Crippen LogP contribution in [0.5, 0.6) is 0 Å². The summed E-state index contributed by atoms with van der Waals surface area (Å²) in [6.07, 6.45) is 1.34. The highest BCUT2D eigenvalue weighted by Gasteiger charge is 2.44. The number of benzene rings is 1. The lowest BCUT2D eigenvalue weighted by Gasteiger charge is -2.33. The summed E-state index contributed by atoms with van der Waals surface area (Å²) >= 11 is 0. The minimum absolute atomic E-state index is 0.0779. The largest absolute Gasteiger partial charge is 0.376 e. The van der Waals surface area contributed by atoms with E-state index in [1.165, 1.54) is 0 Å². The molecule has 0 aromatic heterocycles. The molecule has 2 fully saturated rings. The molecule has 0 amide bonds. The first kappa shape index (κ1) is 18.2. The highest BCUT2D eigenvalue weighted by Crippen LogP contribution is 2.20. The third-order valence-electron chi connectivity index (χ3n) is 5.04. The Bertz CT molecular complexity index is 593. The van der Waals surface area contributed by atoms with Crippen molar-refractivity contribution >= 4 is 11.6 Å². The molecular formula is C19H27N3O3. The predicted octanol–water partition coefficient (Wildman–Crippen LogP) is 0.822. The molecule has 0 spiro atoms. The minimum Gasteiger partial charge on any atom is -0.376 e. The fourth-order valence-electron chi connectivity index (χ4n) is 3.52. The van der Waals surface area contributed by atoms with Gasteiger partial charge in [-0.15, -0.1) is 0 Å². The second-order valence-corrected chi connectivity index (χ2v) is 7.09. The van der Waals surface area contributed by atoms with Crippen LogP contribution >= 0.6 is 0 Å². The van der Waals surface area contributed by atoms with Crippen molar-refractivity contribution in [1.29, 1.82) is 0 Å². The van der Waals surface area contributed by atoms with Crippen LogP contribution in [0.25, 0.3) is 0 Å². The van der Waals surface area contributed by atoms with Crippen LogP contribution < -0.4 is 16.2 Å². The summed E-state index contributed by atoms with van der Waals surface area (Å²) < 4.78 is 5.75. The van der Waals surface area contributed by atoms with Gasteiger partial charge in [-0.25, -0.2) is 5.43 Å².